The third-order valence-electron chi connectivity index (χ3n) is 5.41. The number of hydrogen-bond donors (Lipinski definition) is 2. The molecule has 0 aliphatic heterocycles. The van der Waals surface area contributed by atoms with E-state index in [9.17, 15) is 9.59 Å². The topological polar surface area (TPSA) is 71.1 Å². The number of aromatic nitrogens is 1. The molecule has 3 aromatic rings. The number of halogens is 1. The molecule has 5 nitrogen and oxygen atoms in total. The molecule has 1 aromatic heterocycles. The van der Waals surface area contributed by atoms with Gasteiger partial charge in [0.1, 0.15) is 0 Å². The van der Waals surface area contributed by atoms with Gasteiger partial charge in [-0.05, 0) is 49.4 Å². The average Bonchev–Trinajstić information content (AvgIpc) is 3.49. The standard InChI is InChI=1S/C24H24ClN3O2S3/c1-31-22-20(14-32-17-9-3-2-4-10-17)27-24(33-22)28-23(30)26-19-12-11-16(25)13-18(19)21(29)15-7-5-6-8-15/h2-4,9-13,15H,5-8,14H2,1H3,(H2,26,27,28,30). The highest BCUT2D eigenvalue weighted by Gasteiger charge is 2.26. The second kappa shape index (κ2) is 11.4. The number of hydrogen-bond acceptors (Lipinski definition) is 6. The summed E-state index contributed by atoms with van der Waals surface area (Å²) in [5.74, 6) is 0.765. The van der Waals surface area contributed by atoms with E-state index in [2.05, 4.69) is 27.8 Å². The number of nitrogens with one attached hydrogen (secondary N) is 2. The predicted molar refractivity (Wildman–Crippen MR) is 140 cm³/mol. The van der Waals surface area contributed by atoms with E-state index in [1.807, 2.05) is 24.5 Å². The lowest BCUT2D eigenvalue weighted by Gasteiger charge is -2.14. The van der Waals surface area contributed by atoms with Gasteiger partial charge in [-0.1, -0.05) is 54.0 Å². The molecule has 4 rings (SSSR count). The molecule has 0 unspecified atom stereocenters. The molecule has 1 aliphatic rings. The molecular formula is C24H24ClN3O2S3. The van der Waals surface area contributed by atoms with Crippen LogP contribution in [-0.2, 0) is 5.75 Å². The summed E-state index contributed by atoms with van der Waals surface area (Å²) in [6.45, 7) is 0. The van der Waals surface area contributed by atoms with Gasteiger partial charge in [0.25, 0.3) is 0 Å². The summed E-state index contributed by atoms with van der Waals surface area (Å²) in [6.07, 6.45) is 5.90. The molecular weight excluding hydrogens is 494 g/mol. The Labute approximate surface area is 211 Å². The number of benzene rings is 2. The molecule has 2 amide bonds. The molecule has 33 heavy (non-hydrogen) atoms. The second-order valence-corrected chi connectivity index (χ2v) is 11.2. The number of anilines is 2. The number of thiazole rings is 1. The van der Waals surface area contributed by atoms with Gasteiger partial charge in [0.15, 0.2) is 10.9 Å². The van der Waals surface area contributed by atoms with Crippen LogP contribution < -0.4 is 10.6 Å². The summed E-state index contributed by atoms with van der Waals surface area (Å²) in [7, 11) is 0. The Morgan fingerprint density at radius 3 is 2.61 bits per heavy atom. The highest BCUT2D eigenvalue weighted by atomic mass is 35.5. The Morgan fingerprint density at radius 2 is 1.88 bits per heavy atom. The van der Waals surface area contributed by atoms with Crippen molar-refractivity contribution in [3.8, 4) is 0 Å². The minimum absolute atomic E-state index is 0.000138. The normalized spacial score (nSPS) is 13.8. The quantitative estimate of drug-likeness (QED) is 0.235. The average molecular weight is 518 g/mol. The van der Waals surface area contributed by atoms with Crippen LogP contribution in [0.1, 0.15) is 41.7 Å². The first-order chi connectivity index (χ1) is 16.0. The largest absolute Gasteiger partial charge is 0.325 e. The van der Waals surface area contributed by atoms with Crippen molar-refractivity contribution in [2.45, 2.75) is 40.5 Å². The Hall–Kier alpha value is -2.00. The van der Waals surface area contributed by atoms with Gasteiger partial charge in [0.05, 0.1) is 15.6 Å². The van der Waals surface area contributed by atoms with E-state index in [0.29, 0.717) is 21.4 Å². The van der Waals surface area contributed by atoms with Crippen LogP contribution in [0, 0.1) is 5.92 Å². The van der Waals surface area contributed by atoms with E-state index < -0.39 is 6.03 Å². The smallest absolute Gasteiger partial charge is 0.307 e. The van der Waals surface area contributed by atoms with E-state index >= 15 is 0 Å². The first-order valence-electron chi connectivity index (χ1n) is 10.7. The van der Waals surface area contributed by atoms with Gasteiger partial charge in [-0.15, -0.1) is 23.5 Å². The minimum Gasteiger partial charge on any atom is -0.307 e. The van der Waals surface area contributed by atoms with Gasteiger partial charge >= 0.3 is 6.03 Å². The monoisotopic (exact) mass is 517 g/mol. The molecule has 1 aliphatic carbocycles. The molecule has 0 spiro atoms. The number of rotatable bonds is 8. The van der Waals surface area contributed by atoms with Crippen molar-refractivity contribution < 1.29 is 9.59 Å². The minimum atomic E-state index is -0.429. The molecule has 2 N–H and O–H groups in total. The Bertz CT molecular complexity index is 1130. The van der Waals surface area contributed by atoms with Crippen LogP contribution in [0.15, 0.2) is 57.6 Å². The number of amides is 2. The van der Waals surface area contributed by atoms with E-state index in [-0.39, 0.29) is 11.7 Å². The highest BCUT2D eigenvalue weighted by Crippen LogP contribution is 2.35. The van der Waals surface area contributed by atoms with Gasteiger partial charge in [-0.25, -0.2) is 9.78 Å². The van der Waals surface area contributed by atoms with Crippen LogP contribution in [-0.4, -0.2) is 23.1 Å². The predicted octanol–water partition coefficient (Wildman–Crippen LogP) is 7.83. The fourth-order valence-electron chi connectivity index (χ4n) is 3.80. The summed E-state index contributed by atoms with van der Waals surface area (Å²) >= 11 is 10.9. The van der Waals surface area contributed by atoms with Crippen molar-refractivity contribution in [3.63, 3.8) is 0 Å². The van der Waals surface area contributed by atoms with Crippen LogP contribution in [0.4, 0.5) is 15.6 Å². The third-order valence-corrected chi connectivity index (χ3v) is 8.83. The lowest BCUT2D eigenvalue weighted by Crippen LogP contribution is -2.22. The Kier molecular flexibility index (Phi) is 8.35. The summed E-state index contributed by atoms with van der Waals surface area (Å²) in [6, 6.07) is 14.7. The van der Waals surface area contributed by atoms with Crippen LogP contribution in [0.5, 0.6) is 0 Å². The Morgan fingerprint density at radius 1 is 1.12 bits per heavy atom. The summed E-state index contributed by atoms with van der Waals surface area (Å²) < 4.78 is 1.07. The first-order valence-corrected chi connectivity index (χ1v) is 14.1. The number of nitrogens with zero attached hydrogens (tertiary/aromatic N) is 1. The molecule has 0 bridgehead atoms. The lowest BCUT2D eigenvalue weighted by atomic mass is 9.95. The first kappa shape index (κ1) is 24.1. The molecule has 1 saturated carbocycles. The lowest BCUT2D eigenvalue weighted by molar-refractivity contribution is 0.0923. The van der Waals surface area contributed by atoms with Crippen LogP contribution in [0.3, 0.4) is 0 Å². The molecule has 9 heteroatoms. The number of ketones is 1. The van der Waals surface area contributed by atoms with E-state index in [1.165, 1.54) is 16.2 Å². The van der Waals surface area contributed by atoms with E-state index in [4.69, 9.17) is 11.6 Å². The fraction of sp³-hybridized carbons (Fsp3) is 0.292. The number of urea groups is 1. The zero-order valence-electron chi connectivity index (χ0n) is 18.1. The molecule has 0 atom stereocenters. The maximum Gasteiger partial charge on any atom is 0.325 e. The molecule has 1 heterocycles. The van der Waals surface area contributed by atoms with E-state index in [0.717, 1.165) is 41.3 Å². The summed E-state index contributed by atoms with van der Waals surface area (Å²) in [5, 5.41) is 6.65. The van der Waals surface area contributed by atoms with Crippen molar-refractivity contribution in [1.82, 2.24) is 4.98 Å². The zero-order chi connectivity index (χ0) is 23.2. The molecule has 0 radical (unpaired) electrons. The van der Waals surface area contributed by atoms with E-state index in [1.54, 1.807) is 41.7 Å². The van der Waals surface area contributed by atoms with Crippen molar-refractivity contribution in [3.05, 3.63) is 64.8 Å². The van der Waals surface area contributed by atoms with Gasteiger partial charge in [0, 0.05) is 27.2 Å². The zero-order valence-corrected chi connectivity index (χ0v) is 21.3. The van der Waals surface area contributed by atoms with Crippen LogP contribution >= 0.6 is 46.5 Å². The molecule has 2 aromatic carbocycles. The van der Waals surface area contributed by atoms with Gasteiger partial charge < -0.3 is 5.32 Å². The number of carbonyl (C=O) groups excluding carboxylic acids is 2. The van der Waals surface area contributed by atoms with Gasteiger partial charge in [-0.3, -0.25) is 10.1 Å². The third kappa shape index (κ3) is 6.32. The molecule has 1 fully saturated rings. The summed E-state index contributed by atoms with van der Waals surface area (Å²) in [5.41, 5.74) is 1.88. The van der Waals surface area contributed by atoms with Crippen molar-refractivity contribution >= 4 is 69.1 Å². The SMILES string of the molecule is CSc1sc(NC(=O)Nc2ccc(Cl)cc2C(=O)C2CCCC2)nc1CSc1ccccc1. The number of carbonyl (C=O) groups is 2. The second-order valence-electron chi connectivity index (χ2n) is 7.67. The molecule has 0 saturated heterocycles. The highest BCUT2D eigenvalue weighted by molar-refractivity contribution is 8.01. The number of Topliss-reactive ketones (excluding diaryl/α,β-unsaturated/α-hetero) is 1. The van der Waals surface area contributed by atoms with Crippen molar-refractivity contribution in [2.75, 3.05) is 16.9 Å². The summed E-state index contributed by atoms with van der Waals surface area (Å²) in [4.78, 5) is 31.5. The van der Waals surface area contributed by atoms with Crippen molar-refractivity contribution in [2.24, 2.45) is 5.92 Å². The number of thioether (sulfide) groups is 2. The maximum absolute atomic E-state index is 13.0. The van der Waals surface area contributed by atoms with Gasteiger partial charge in [-0.2, -0.15) is 0 Å². The van der Waals surface area contributed by atoms with Crippen molar-refractivity contribution in [1.29, 1.82) is 0 Å². The fourth-order valence-corrected chi connectivity index (χ4v) is 6.65. The van der Waals surface area contributed by atoms with Crippen LogP contribution in [0.25, 0.3) is 0 Å². The van der Waals surface area contributed by atoms with Gasteiger partial charge in [0.2, 0.25) is 0 Å². The maximum atomic E-state index is 13.0. The molecule has 172 valence electrons. The van der Waals surface area contributed by atoms with Crippen LogP contribution in [0.2, 0.25) is 5.02 Å². The Balaban J connectivity index is 1.44.